The molecule has 0 saturated carbocycles. The van der Waals surface area contributed by atoms with Gasteiger partial charge in [-0.1, -0.05) is 188 Å². The van der Waals surface area contributed by atoms with Crippen molar-refractivity contribution in [3.8, 4) is 66.8 Å². The maximum Gasteiger partial charge on any atom is 0.103 e. The van der Waals surface area contributed by atoms with Crippen molar-refractivity contribution >= 4 is 42.9 Å². The number of fused-ring (bicyclic) bond motifs is 9. The van der Waals surface area contributed by atoms with Crippen LogP contribution in [0.15, 0.2) is 246 Å². The number of hydrogen-bond donors (Lipinski definition) is 0. The molecule has 2 nitrogen and oxygen atoms in total. The molecule has 0 saturated heterocycles. The Morgan fingerprint density at radius 1 is 0.358 bits per heavy atom. The predicted octanol–water partition coefficient (Wildman–Crippen LogP) is 17.4. The van der Waals surface area contributed by atoms with Crippen LogP contribution in [-0.4, -0.2) is 11.4 Å². The van der Waals surface area contributed by atoms with Crippen molar-refractivity contribution in [1.82, 2.24) is 0 Å². The van der Waals surface area contributed by atoms with Gasteiger partial charge in [-0.25, -0.2) is 0 Å². The van der Waals surface area contributed by atoms with E-state index in [0.29, 0.717) is 0 Å². The molecule has 0 fully saturated rings. The Hall–Kier alpha value is -7.98. The molecule has 3 aliphatic rings. The van der Waals surface area contributed by atoms with Crippen LogP contribution in [-0.2, 0) is 0 Å². The third-order valence-corrected chi connectivity index (χ3v) is 15.0. The molecule has 316 valence electrons. The summed E-state index contributed by atoms with van der Waals surface area (Å²) in [6.07, 6.45) is 8.92. The Morgan fingerprint density at radius 2 is 0.866 bits per heavy atom. The van der Waals surface area contributed by atoms with Crippen molar-refractivity contribution in [3.05, 3.63) is 253 Å². The summed E-state index contributed by atoms with van der Waals surface area (Å²) in [5.41, 5.74) is 21.2. The normalized spacial score (nSPS) is 16.1. The molecular weight excluding hydrogens is 829 g/mol. The van der Waals surface area contributed by atoms with Gasteiger partial charge in [0.05, 0.1) is 11.4 Å². The summed E-state index contributed by atoms with van der Waals surface area (Å²) < 4.78 is 2.55. The molecule has 0 spiro atoms. The second kappa shape index (κ2) is 16.5. The molecule has 2 aliphatic carbocycles. The lowest BCUT2D eigenvalue weighted by atomic mass is 9.78. The highest BCUT2D eigenvalue weighted by atomic mass is 32.1. The minimum Gasteiger partial charge on any atom is -0.272 e. The molecular formula is C64H44N2S. The second-order valence-corrected chi connectivity index (χ2v) is 18.9. The lowest BCUT2D eigenvalue weighted by Gasteiger charge is -2.35. The summed E-state index contributed by atoms with van der Waals surface area (Å²) in [7, 11) is 0. The van der Waals surface area contributed by atoms with Gasteiger partial charge < -0.3 is 0 Å². The SMILES string of the molecule is C1=CC(C2=NC3c4ccccc4-c4ccccc4C3N=C2c2cccc(-c3cc(-c4cccc(-c5ccccc5)c4)cc4c3sc3ccc(-c5cccc(-c6ccccc6)c5)cc34)c2)=CCC1. The number of allylic oxidation sites excluding steroid dienone is 4. The zero-order valence-corrected chi connectivity index (χ0v) is 37.6. The van der Waals surface area contributed by atoms with Crippen LogP contribution in [0.1, 0.15) is 41.6 Å². The molecule has 10 aromatic rings. The highest BCUT2D eigenvalue weighted by Crippen LogP contribution is 2.51. The minimum absolute atomic E-state index is 0.100. The number of benzene rings is 9. The highest BCUT2D eigenvalue weighted by Gasteiger charge is 2.38. The third kappa shape index (κ3) is 7.02. The Balaban J connectivity index is 0.990. The Bertz CT molecular complexity index is 3700. The summed E-state index contributed by atoms with van der Waals surface area (Å²) in [6.45, 7) is 0. The Kier molecular flexibility index (Phi) is 9.68. The molecule has 67 heavy (non-hydrogen) atoms. The highest BCUT2D eigenvalue weighted by molar-refractivity contribution is 7.26. The van der Waals surface area contributed by atoms with Gasteiger partial charge in [0.2, 0.25) is 0 Å². The fourth-order valence-electron chi connectivity index (χ4n) is 10.5. The lowest BCUT2D eigenvalue weighted by Crippen LogP contribution is -2.29. The molecule has 2 heterocycles. The Morgan fingerprint density at radius 3 is 1.51 bits per heavy atom. The first-order chi connectivity index (χ1) is 33.2. The number of hydrogen-bond acceptors (Lipinski definition) is 3. The van der Waals surface area contributed by atoms with E-state index in [2.05, 4.69) is 231 Å². The van der Waals surface area contributed by atoms with Crippen LogP contribution < -0.4 is 0 Å². The average molecular weight is 873 g/mol. The van der Waals surface area contributed by atoms with Crippen LogP contribution in [0.4, 0.5) is 0 Å². The van der Waals surface area contributed by atoms with E-state index in [-0.39, 0.29) is 12.1 Å². The number of rotatable bonds is 7. The standard InChI is InChI=1S/C64H44N2S/c1-4-17-41(18-5-1)44-23-14-25-46(35-44)48-33-34-59-57(38-48)58-40-51(47-26-15-24-45(36-47)42-19-6-2-7-20-42)39-56(64(58)67-59)49-27-16-28-50(37-49)61-60(43-21-8-3-9-22-43)65-62-54-31-12-10-29-52(54)53-30-11-13-32-55(53)63(62)66-61/h1-2,4-8,10-40,62-63H,3,9H2. The van der Waals surface area contributed by atoms with Crippen LogP contribution in [0.5, 0.6) is 0 Å². The minimum atomic E-state index is -0.126. The van der Waals surface area contributed by atoms with Gasteiger partial charge >= 0.3 is 0 Å². The molecule has 0 amide bonds. The van der Waals surface area contributed by atoms with Gasteiger partial charge in [0.15, 0.2) is 0 Å². The van der Waals surface area contributed by atoms with Gasteiger partial charge in [-0.15, -0.1) is 11.3 Å². The van der Waals surface area contributed by atoms with Crippen molar-refractivity contribution in [1.29, 1.82) is 0 Å². The van der Waals surface area contributed by atoms with Gasteiger partial charge in [0.1, 0.15) is 12.1 Å². The predicted molar refractivity (Wildman–Crippen MR) is 284 cm³/mol. The molecule has 1 aliphatic heterocycles. The van der Waals surface area contributed by atoms with Crippen LogP contribution in [0, 0.1) is 0 Å². The van der Waals surface area contributed by atoms with E-state index in [1.54, 1.807) is 0 Å². The first-order valence-corrected chi connectivity index (χ1v) is 24.2. The van der Waals surface area contributed by atoms with E-state index in [9.17, 15) is 0 Å². The lowest BCUT2D eigenvalue weighted by molar-refractivity contribution is 0.568. The van der Waals surface area contributed by atoms with E-state index in [4.69, 9.17) is 9.98 Å². The maximum absolute atomic E-state index is 5.78. The van der Waals surface area contributed by atoms with Crippen LogP contribution in [0.3, 0.4) is 0 Å². The summed E-state index contributed by atoms with van der Waals surface area (Å²) in [4.78, 5) is 11.5. The van der Waals surface area contributed by atoms with Crippen molar-refractivity contribution in [2.75, 3.05) is 0 Å². The zero-order valence-electron chi connectivity index (χ0n) is 36.8. The number of nitrogens with zero attached hydrogens (tertiary/aromatic N) is 2. The van der Waals surface area contributed by atoms with Crippen molar-refractivity contribution < 1.29 is 0 Å². The molecule has 0 radical (unpaired) electrons. The quantitative estimate of drug-likeness (QED) is 0.152. The first kappa shape index (κ1) is 39.4. The largest absolute Gasteiger partial charge is 0.272 e. The molecule has 2 unspecified atom stereocenters. The van der Waals surface area contributed by atoms with E-state index in [1.807, 2.05) is 11.3 Å². The fourth-order valence-corrected chi connectivity index (χ4v) is 11.7. The molecule has 0 bridgehead atoms. The Labute approximate surface area is 395 Å². The van der Waals surface area contributed by atoms with Gasteiger partial charge in [-0.3, -0.25) is 9.98 Å². The third-order valence-electron chi connectivity index (χ3n) is 13.8. The fraction of sp³-hybridized carbons (Fsp3) is 0.0625. The van der Waals surface area contributed by atoms with E-state index in [0.717, 1.165) is 41.0 Å². The maximum atomic E-state index is 5.78. The van der Waals surface area contributed by atoms with Gasteiger partial charge in [0.25, 0.3) is 0 Å². The molecule has 2 atom stereocenters. The van der Waals surface area contributed by atoms with E-state index < -0.39 is 0 Å². The van der Waals surface area contributed by atoms with Crippen LogP contribution >= 0.6 is 11.3 Å². The first-order valence-electron chi connectivity index (χ1n) is 23.3. The smallest absolute Gasteiger partial charge is 0.103 e. The zero-order chi connectivity index (χ0) is 44.3. The van der Waals surface area contributed by atoms with Crippen molar-refractivity contribution in [2.45, 2.75) is 24.9 Å². The molecule has 9 aromatic carbocycles. The van der Waals surface area contributed by atoms with E-state index >= 15 is 0 Å². The van der Waals surface area contributed by atoms with Gasteiger partial charge in [-0.2, -0.15) is 0 Å². The van der Waals surface area contributed by atoms with E-state index in [1.165, 1.54) is 92.5 Å². The second-order valence-electron chi connectivity index (χ2n) is 17.8. The van der Waals surface area contributed by atoms with Gasteiger partial charge in [0, 0.05) is 31.3 Å². The summed E-state index contributed by atoms with van der Waals surface area (Å²) in [5, 5.41) is 2.53. The summed E-state index contributed by atoms with van der Waals surface area (Å²) in [6, 6.07) is 77.6. The molecule has 13 rings (SSSR count). The number of aliphatic imine (C=N–C) groups is 2. The summed E-state index contributed by atoms with van der Waals surface area (Å²) >= 11 is 1.88. The molecule has 0 N–H and O–H groups in total. The van der Waals surface area contributed by atoms with Gasteiger partial charge in [-0.05, 0) is 133 Å². The van der Waals surface area contributed by atoms with Crippen molar-refractivity contribution in [3.63, 3.8) is 0 Å². The van der Waals surface area contributed by atoms with Crippen LogP contribution in [0.2, 0.25) is 0 Å². The number of thiophene rings is 1. The monoisotopic (exact) mass is 872 g/mol. The van der Waals surface area contributed by atoms with Crippen molar-refractivity contribution in [2.24, 2.45) is 9.98 Å². The summed E-state index contributed by atoms with van der Waals surface area (Å²) in [5.74, 6) is 0. The molecule has 1 aromatic heterocycles. The average Bonchev–Trinajstić information content (AvgIpc) is 3.79. The molecule has 3 heteroatoms. The van der Waals surface area contributed by atoms with Crippen LogP contribution in [0.25, 0.3) is 86.9 Å². The topological polar surface area (TPSA) is 24.7 Å².